The van der Waals surface area contributed by atoms with Gasteiger partial charge in [-0.1, -0.05) is 55.8 Å². The van der Waals surface area contributed by atoms with Crippen LogP contribution in [0.25, 0.3) is 6.08 Å². The summed E-state index contributed by atoms with van der Waals surface area (Å²) in [6.07, 6.45) is 3.55. The highest BCUT2D eigenvalue weighted by Crippen LogP contribution is 2.19. The van der Waals surface area contributed by atoms with E-state index < -0.39 is 0 Å². The summed E-state index contributed by atoms with van der Waals surface area (Å²) in [6.45, 7) is 6.53. The van der Waals surface area contributed by atoms with E-state index in [-0.39, 0.29) is 11.5 Å². The van der Waals surface area contributed by atoms with Crippen LogP contribution in [0.15, 0.2) is 60.2 Å². The van der Waals surface area contributed by atoms with Crippen LogP contribution in [0.1, 0.15) is 37.8 Å². The Labute approximate surface area is 162 Å². The number of carbonyl (C=O) groups is 1. The van der Waals surface area contributed by atoms with Crippen LogP contribution >= 0.6 is 0 Å². The molecule has 0 radical (unpaired) electrons. The van der Waals surface area contributed by atoms with E-state index in [0.29, 0.717) is 6.54 Å². The Morgan fingerprint density at radius 2 is 1.81 bits per heavy atom. The van der Waals surface area contributed by atoms with Gasteiger partial charge in [-0.15, -0.1) is 0 Å². The Morgan fingerprint density at radius 3 is 2.41 bits per heavy atom. The zero-order valence-corrected chi connectivity index (χ0v) is 16.1. The van der Waals surface area contributed by atoms with Crippen molar-refractivity contribution in [1.82, 2.24) is 5.32 Å². The summed E-state index contributed by atoms with van der Waals surface area (Å²) in [5, 5.41) is 12.1. The van der Waals surface area contributed by atoms with E-state index in [4.69, 9.17) is 0 Å². The summed E-state index contributed by atoms with van der Waals surface area (Å²) < 4.78 is 0. The lowest BCUT2D eigenvalue weighted by atomic mass is 10.1. The van der Waals surface area contributed by atoms with Gasteiger partial charge in [-0.3, -0.25) is 4.79 Å². The number of carbonyl (C=O) groups excluding carboxylic acids is 1. The molecule has 0 heterocycles. The molecule has 0 aliphatic carbocycles. The van der Waals surface area contributed by atoms with Crippen LogP contribution in [0.4, 0.5) is 5.69 Å². The number of hydrogen-bond donors (Lipinski definition) is 1. The van der Waals surface area contributed by atoms with Crippen molar-refractivity contribution in [2.24, 2.45) is 0 Å². The van der Waals surface area contributed by atoms with Crippen LogP contribution in [0.5, 0.6) is 0 Å². The standard InChI is InChI=1S/C23H27N3O/c1-3-5-15-25-23(27)21(17-24)16-19-11-13-22(14-12-19)26(4-2)18-20-9-7-6-8-10-20/h6-14,16H,3-5,15,18H2,1-2H3,(H,25,27)/b21-16+. The van der Waals surface area contributed by atoms with Crippen molar-refractivity contribution >= 4 is 17.7 Å². The van der Waals surface area contributed by atoms with Gasteiger partial charge in [-0.25, -0.2) is 0 Å². The van der Waals surface area contributed by atoms with Crippen LogP contribution in [0.2, 0.25) is 0 Å². The summed E-state index contributed by atoms with van der Waals surface area (Å²) in [5.41, 5.74) is 3.36. The molecule has 0 fully saturated rings. The lowest BCUT2D eigenvalue weighted by Gasteiger charge is -2.23. The first kappa shape index (κ1) is 20.3. The third-order valence-electron chi connectivity index (χ3n) is 4.35. The molecule has 140 valence electrons. The van der Waals surface area contributed by atoms with Crippen molar-refractivity contribution < 1.29 is 4.79 Å². The van der Waals surface area contributed by atoms with Crippen molar-refractivity contribution in [3.8, 4) is 6.07 Å². The third-order valence-corrected chi connectivity index (χ3v) is 4.35. The molecular weight excluding hydrogens is 334 g/mol. The number of nitrogens with zero attached hydrogens (tertiary/aromatic N) is 2. The van der Waals surface area contributed by atoms with Gasteiger partial charge < -0.3 is 10.2 Å². The fourth-order valence-corrected chi connectivity index (χ4v) is 2.76. The predicted molar refractivity (Wildman–Crippen MR) is 111 cm³/mol. The maximum absolute atomic E-state index is 12.1. The van der Waals surface area contributed by atoms with Gasteiger partial charge in [0.1, 0.15) is 11.6 Å². The van der Waals surface area contributed by atoms with Crippen LogP contribution in [0.3, 0.4) is 0 Å². The minimum atomic E-state index is -0.311. The molecule has 0 spiro atoms. The second-order valence-electron chi connectivity index (χ2n) is 6.37. The Morgan fingerprint density at radius 1 is 1.11 bits per heavy atom. The lowest BCUT2D eigenvalue weighted by Crippen LogP contribution is -2.25. The number of benzene rings is 2. The summed E-state index contributed by atoms with van der Waals surface area (Å²) in [4.78, 5) is 14.4. The first-order chi connectivity index (χ1) is 13.2. The van der Waals surface area contributed by atoms with E-state index in [1.54, 1.807) is 6.08 Å². The van der Waals surface area contributed by atoms with Gasteiger partial charge in [-0.2, -0.15) is 5.26 Å². The summed E-state index contributed by atoms with van der Waals surface area (Å²) in [7, 11) is 0. The highest BCUT2D eigenvalue weighted by molar-refractivity contribution is 6.01. The Kier molecular flexibility index (Phi) is 8.12. The van der Waals surface area contributed by atoms with E-state index >= 15 is 0 Å². The van der Waals surface area contributed by atoms with E-state index in [2.05, 4.69) is 36.2 Å². The molecule has 0 bridgehead atoms. The average Bonchev–Trinajstić information content (AvgIpc) is 2.71. The van der Waals surface area contributed by atoms with Crippen molar-refractivity contribution in [3.63, 3.8) is 0 Å². The normalized spacial score (nSPS) is 10.9. The second-order valence-corrected chi connectivity index (χ2v) is 6.37. The number of anilines is 1. The maximum atomic E-state index is 12.1. The number of nitriles is 1. The summed E-state index contributed by atoms with van der Waals surface area (Å²) in [6, 6.07) is 20.3. The summed E-state index contributed by atoms with van der Waals surface area (Å²) in [5.74, 6) is -0.311. The molecule has 0 saturated heterocycles. The molecule has 4 nitrogen and oxygen atoms in total. The number of unbranched alkanes of at least 4 members (excludes halogenated alkanes) is 1. The topological polar surface area (TPSA) is 56.1 Å². The van der Waals surface area contributed by atoms with Crippen LogP contribution < -0.4 is 10.2 Å². The lowest BCUT2D eigenvalue weighted by molar-refractivity contribution is -0.117. The van der Waals surface area contributed by atoms with Crippen LogP contribution in [-0.4, -0.2) is 19.0 Å². The first-order valence-corrected chi connectivity index (χ1v) is 9.46. The SMILES string of the molecule is CCCCNC(=O)/C(C#N)=C/c1ccc(N(CC)Cc2ccccc2)cc1. The van der Waals surface area contributed by atoms with Crippen molar-refractivity contribution in [1.29, 1.82) is 5.26 Å². The first-order valence-electron chi connectivity index (χ1n) is 9.46. The zero-order chi connectivity index (χ0) is 19.5. The fraction of sp³-hybridized carbons (Fsp3) is 0.304. The maximum Gasteiger partial charge on any atom is 0.261 e. The molecule has 2 aromatic carbocycles. The molecule has 0 atom stereocenters. The number of rotatable bonds is 9. The minimum absolute atomic E-state index is 0.135. The zero-order valence-electron chi connectivity index (χ0n) is 16.1. The molecule has 1 amide bonds. The van der Waals surface area contributed by atoms with Gasteiger partial charge in [-0.05, 0) is 42.7 Å². The smallest absolute Gasteiger partial charge is 0.261 e. The van der Waals surface area contributed by atoms with Gasteiger partial charge in [0.2, 0.25) is 0 Å². The number of hydrogen-bond acceptors (Lipinski definition) is 3. The molecule has 27 heavy (non-hydrogen) atoms. The molecule has 4 heteroatoms. The molecule has 2 aromatic rings. The molecule has 1 N–H and O–H groups in total. The monoisotopic (exact) mass is 361 g/mol. The van der Waals surface area contributed by atoms with Crippen molar-refractivity contribution in [3.05, 3.63) is 71.3 Å². The largest absolute Gasteiger partial charge is 0.367 e. The van der Waals surface area contributed by atoms with Gasteiger partial charge in [0.15, 0.2) is 0 Å². The van der Waals surface area contributed by atoms with E-state index in [1.165, 1.54) is 5.56 Å². The van der Waals surface area contributed by atoms with E-state index in [9.17, 15) is 10.1 Å². The molecule has 0 saturated carbocycles. The van der Waals surface area contributed by atoms with Crippen molar-refractivity contribution in [2.45, 2.75) is 33.2 Å². The Hall–Kier alpha value is -3.06. The minimum Gasteiger partial charge on any atom is -0.367 e. The average molecular weight is 361 g/mol. The fourth-order valence-electron chi connectivity index (χ4n) is 2.76. The van der Waals surface area contributed by atoms with Crippen LogP contribution in [0, 0.1) is 11.3 Å². The van der Waals surface area contributed by atoms with E-state index in [0.717, 1.165) is 37.2 Å². The van der Waals surface area contributed by atoms with Gasteiger partial charge >= 0.3 is 0 Å². The van der Waals surface area contributed by atoms with Gasteiger partial charge in [0, 0.05) is 25.3 Å². The Balaban J connectivity index is 2.08. The third kappa shape index (κ3) is 6.31. The highest BCUT2D eigenvalue weighted by Gasteiger charge is 2.09. The van der Waals surface area contributed by atoms with Crippen LogP contribution in [-0.2, 0) is 11.3 Å². The molecule has 2 rings (SSSR count). The molecule has 0 unspecified atom stereocenters. The Bertz CT molecular complexity index is 789. The molecular formula is C23H27N3O. The van der Waals surface area contributed by atoms with Crippen molar-refractivity contribution in [2.75, 3.05) is 18.0 Å². The molecule has 0 aliphatic heterocycles. The molecule has 0 aromatic heterocycles. The van der Waals surface area contributed by atoms with E-state index in [1.807, 2.05) is 48.5 Å². The predicted octanol–water partition coefficient (Wildman–Crippen LogP) is 4.54. The highest BCUT2D eigenvalue weighted by atomic mass is 16.1. The van der Waals surface area contributed by atoms with Gasteiger partial charge in [0.25, 0.3) is 5.91 Å². The second kappa shape index (κ2) is 10.8. The summed E-state index contributed by atoms with van der Waals surface area (Å²) >= 11 is 0. The molecule has 0 aliphatic rings. The number of nitrogens with one attached hydrogen (secondary N) is 1. The number of amides is 1. The van der Waals surface area contributed by atoms with Gasteiger partial charge in [0.05, 0.1) is 0 Å². The quantitative estimate of drug-likeness (QED) is 0.405.